The van der Waals surface area contributed by atoms with Crippen LogP contribution in [0.3, 0.4) is 0 Å². The van der Waals surface area contributed by atoms with Crippen LogP contribution in [0.15, 0.2) is 60.0 Å². The van der Waals surface area contributed by atoms with E-state index in [9.17, 15) is 9.59 Å². The Morgan fingerprint density at radius 3 is 2.54 bits per heavy atom. The van der Waals surface area contributed by atoms with E-state index in [-0.39, 0.29) is 24.9 Å². The molecule has 1 aromatic heterocycles. The van der Waals surface area contributed by atoms with Crippen molar-refractivity contribution in [2.75, 3.05) is 43.1 Å². The molecule has 0 saturated heterocycles. The van der Waals surface area contributed by atoms with Crippen LogP contribution in [-0.2, 0) is 16.1 Å². The number of rotatable bonds is 10. The van der Waals surface area contributed by atoms with Crippen molar-refractivity contribution in [2.24, 2.45) is 0 Å². The second-order valence-corrected chi connectivity index (χ2v) is 9.49. The van der Waals surface area contributed by atoms with Crippen LogP contribution >= 0.6 is 11.3 Å². The lowest BCUT2D eigenvalue weighted by Crippen LogP contribution is -2.43. The molecular formula is C27H31N3O4S. The highest BCUT2D eigenvalue weighted by Gasteiger charge is 2.23. The molecule has 7 nitrogen and oxygen atoms in total. The Balaban J connectivity index is 1.49. The number of nitrogens with zero attached hydrogens (tertiary/aromatic N) is 2. The first-order chi connectivity index (χ1) is 17.0. The van der Waals surface area contributed by atoms with Crippen LogP contribution < -0.4 is 19.7 Å². The minimum atomic E-state index is -0.135. The average molecular weight is 494 g/mol. The van der Waals surface area contributed by atoms with Gasteiger partial charge in [0.15, 0.2) is 11.5 Å². The highest BCUT2D eigenvalue weighted by molar-refractivity contribution is 7.09. The van der Waals surface area contributed by atoms with Crippen LogP contribution in [0.25, 0.3) is 0 Å². The number of anilines is 2. The van der Waals surface area contributed by atoms with Gasteiger partial charge in [0.05, 0.1) is 19.6 Å². The number of thiophene rings is 1. The van der Waals surface area contributed by atoms with Crippen molar-refractivity contribution in [2.45, 2.75) is 26.8 Å². The summed E-state index contributed by atoms with van der Waals surface area (Å²) >= 11 is 1.61. The fourth-order valence-electron chi connectivity index (χ4n) is 3.99. The zero-order chi connectivity index (χ0) is 24.6. The van der Waals surface area contributed by atoms with Crippen molar-refractivity contribution >= 4 is 34.5 Å². The van der Waals surface area contributed by atoms with E-state index in [4.69, 9.17) is 9.47 Å². The van der Waals surface area contributed by atoms with Gasteiger partial charge in [-0.3, -0.25) is 14.5 Å². The smallest absolute Gasteiger partial charge is 0.241 e. The Morgan fingerprint density at radius 2 is 1.80 bits per heavy atom. The van der Waals surface area contributed by atoms with Gasteiger partial charge in [-0.15, -0.1) is 11.3 Å². The highest BCUT2D eigenvalue weighted by atomic mass is 32.1. The second-order valence-electron chi connectivity index (χ2n) is 8.46. The van der Waals surface area contributed by atoms with Crippen LogP contribution in [0.2, 0.25) is 0 Å². The van der Waals surface area contributed by atoms with Crippen molar-refractivity contribution in [1.29, 1.82) is 0 Å². The monoisotopic (exact) mass is 493 g/mol. The largest absolute Gasteiger partial charge is 0.486 e. The van der Waals surface area contributed by atoms with Gasteiger partial charge >= 0.3 is 0 Å². The van der Waals surface area contributed by atoms with Gasteiger partial charge < -0.3 is 19.7 Å². The van der Waals surface area contributed by atoms with Gasteiger partial charge in [0.25, 0.3) is 0 Å². The first-order valence-corrected chi connectivity index (χ1v) is 12.7. The Morgan fingerprint density at radius 1 is 1.00 bits per heavy atom. The second kappa shape index (κ2) is 11.9. The number of fused-ring (bicyclic) bond motifs is 1. The summed E-state index contributed by atoms with van der Waals surface area (Å²) in [6.07, 6.45) is 0.833. The third-order valence-electron chi connectivity index (χ3n) is 5.72. The maximum absolute atomic E-state index is 13.6. The molecule has 2 aromatic carbocycles. The number of nitrogens with one attached hydrogen (secondary N) is 1. The summed E-state index contributed by atoms with van der Waals surface area (Å²) in [7, 11) is 0. The Bertz CT molecular complexity index is 1150. The molecule has 0 atom stereocenters. The van der Waals surface area contributed by atoms with Crippen LogP contribution in [0.1, 0.15) is 23.8 Å². The Labute approximate surface area is 210 Å². The average Bonchev–Trinajstić information content (AvgIpc) is 3.37. The number of amides is 2. The van der Waals surface area contributed by atoms with Crippen molar-refractivity contribution in [1.82, 2.24) is 4.90 Å². The molecule has 0 saturated carbocycles. The molecule has 2 amide bonds. The first-order valence-electron chi connectivity index (χ1n) is 11.8. The van der Waals surface area contributed by atoms with E-state index in [2.05, 4.69) is 5.32 Å². The molecule has 0 radical (unpaired) electrons. The molecule has 0 fully saturated rings. The SMILES string of the molecule is CCCN(CC(=O)Nc1ccccc1C)CC(=O)N(Cc1cccs1)c1ccc2c(c1)OCCO2. The summed E-state index contributed by atoms with van der Waals surface area (Å²) in [4.78, 5) is 31.1. The van der Waals surface area contributed by atoms with E-state index in [1.165, 1.54) is 0 Å². The minimum absolute atomic E-state index is 0.0766. The standard InChI is InChI=1S/C27H31N3O4S/c1-3-12-29(18-26(31)28-23-9-5-4-7-20(23)2)19-27(32)30(17-22-8-6-15-35-22)21-10-11-24-25(16-21)34-14-13-33-24/h4-11,15-16H,3,12-14,17-19H2,1-2H3,(H,28,31). The Hall–Kier alpha value is -3.36. The third-order valence-corrected chi connectivity index (χ3v) is 6.58. The lowest BCUT2D eigenvalue weighted by molar-refractivity contribution is -0.121. The van der Waals surface area contributed by atoms with Gasteiger partial charge in [-0.05, 0) is 55.1 Å². The van der Waals surface area contributed by atoms with Crippen molar-refractivity contribution in [3.63, 3.8) is 0 Å². The number of aryl methyl sites for hydroxylation is 1. The van der Waals surface area contributed by atoms with E-state index in [1.54, 1.807) is 16.2 Å². The zero-order valence-corrected chi connectivity index (χ0v) is 21.0. The molecule has 1 N–H and O–H groups in total. The molecule has 2 heterocycles. The quantitative estimate of drug-likeness (QED) is 0.443. The number of carbonyl (C=O) groups excluding carboxylic acids is 2. The molecule has 35 heavy (non-hydrogen) atoms. The van der Waals surface area contributed by atoms with Crippen molar-refractivity contribution < 1.29 is 19.1 Å². The van der Waals surface area contributed by atoms with Crippen LogP contribution in [0, 0.1) is 6.92 Å². The first kappa shape index (κ1) is 24.8. The van der Waals surface area contributed by atoms with Gasteiger partial charge in [0.1, 0.15) is 13.2 Å². The summed E-state index contributed by atoms with van der Waals surface area (Å²) in [6, 6.07) is 17.3. The predicted molar refractivity (Wildman–Crippen MR) is 139 cm³/mol. The molecule has 3 aromatic rings. The van der Waals surface area contributed by atoms with Gasteiger partial charge in [0, 0.05) is 22.3 Å². The zero-order valence-electron chi connectivity index (χ0n) is 20.2. The molecule has 0 bridgehead atoms. The molecular weight excluding hydrogens is 462 g/mol. The molecule has 1 aliphatic rings. The third kappa shape index (κ3) is 6.61. The van der Waals surface area contributed by atoms with Crippen molar-refractivity contribution in [3.05, 3.63) is 70.4 Å². The fourth-order valence-corrected chi connectivity index (χ4v) is 4.69. The van der Waals surface area contributed by atoms with Crippen LogP contribution in [0.4, 0.5) is 11.4 Å². The number of ether oxygens (including phenoxy) is 2. The summed E-state index contributed by atoms with van der Waals surface area (Å²) in [5.41, 5.74) is 2.53. The number of hydrogen-bond acceptors (Lipinski definition) is 6. The van der Waals surface area contributed by atoms with Crippen molar-refractivity contribution in [3.8, 4) is 11.5 Å². The number of benzene rings is 2. The Kier molecular flexibility index (Phi) is 8.39. The van der Waals surface area contributed by atoms with Crippen LogP contribution in [-0.4, -0.2) is 49.6 Å². The number of hydrogen-bond donors (Lipinski definition) is 1. The van der Waals surface area contributed by atoms with E-state index in [0.29, 0.717) is 37.8 Å². The molecule has 4 rings (SSSR count). The number of para-hydroxylation sites is 1. The summed E-state index contributed by atoms with van der Waals surface area (Å²) < 4.78 is 11.4. The predicted octanol–water partition coefficient (Wildman–Crippen LogP) is 4.71. The number of carbonyl (C=O) groups is 2. The summed E-state index contributed by atoms with van der Waals surface area (Å²) in [6.45, 7) is 6.36. The van der Waals surface area contributed by atoms with Crippen LogP contribution in [0.5, 0.6) is 11.5 Å². The highest BCUT2D eigenvalue weighted by Crippen LogP contribution is 2.34. The maximum atomic E-state index is 13.6. The summed E-state index contributed by atoms with van der Waals surface area (Å²) in [5, 5.41) is 4.97. The van der Waals surface area contributed by atoms with Gasteiger partial charge in [-0.2, -0.15) is 0 Å². The lowest BCUT2D eigenvalue weighted by Gasteiger charge is -2.28. The maximum Gasteiger partial charge on any atom is 0.241 e. The van der Waals surface area contributed by atoms with E-state index in [0.717, 1.165) is 28.2 Å². The van der Waals surface area contributed by atoms with Gasteiger partial charge in [0.2, 0.25) is 11.8 Å². The van der Waals surface area contributed by atoms with Gasteiger partial charge in [-0.25, -0.2) is 0 Å². The minimum Gasteiger partial charge on any atom is -0.486 e. The molecule has 0 unspecified atom stereocenters. The molecule has 8 heteroatoms. The molecule has 0 spiro atoms. The van der Waals surface area contributed by atoms with Gasteiger partial charge in [-0.1, -0.05) is 31.2 Å². The molecule has 184 valence electrons. The molecule has 1 aliphatic heterocycles. The topological polar surface area (TPSA) is 71.1 Å². The summed E-state index contributed by atoms with van der Waals surface area (Å²) in [5.74, 6) is 1.11. The molecule has 0 aliphatic carbocycles. The van der Waals surface area contributed by atoms with E-state index >= 15 is 0 Å². The normalized spacial score (nSPS) is 12.4. The van der Waals surface area contributed by atoms with E-state index < -0.39 is 0 Å². The fraction of sp³-hybridized carbons (Fsp3) is 0.333. The van der Waals surface area contributed by atoms with E-state index in [1.807, 2.05) is 78.7 Å². The lowest BCUT2D eigenvalue weighted by atomic mass is 10.2.